The number of benzene rings is 3. The number of nitrogens with one attached hydrogen (secondary N) is 3. The summed E-state index contributed by atoms with van der Waals surface area (Å²) in [5.74, 6) is 1.73. The highest BCUT2D eigenvalue weighted by Crippen LogP contribution is 2.54. The Morgan fingerprint density at radius 3 is 2.56 bits per heavy atom. The topological polar surface area (TPSA) is 174 Å². The molecule has 3 aliphatic heterocycles. The van der Waals surface area contributed by atoms with Crippen LogP contribution < -0.4 is 29.1 Å². The van der Waals surface area contributed by atoms with Crippen LogP contribution in [0.4, 0.5) is 17.1 Å². The molecule has 4 fully saturated rings. The number of carbonyl (C=O) groups is 1. The predicted molar refractivity (Wildman–Crippen MR) is 267 cm³/mol. The molecule has 0 radical (unpaired) electrons. The fourth-order valence-corrected chi connectivity index (χ4v) is 12.3. The Balaban J connectivity index is 0.854. The van der Waals surface area contributed by atoms with Crippen molar-refractivity contribution in [3.8, 4) is 23.1 Å². The van der Waals surface area contributed by atoms with E-state index in [9.17, 15) is 19.9 Å². The number of nitrogens with zero attached hydrogens (tertiary/aromatic N) is 4. The van der Waals surface area contributed by atoms with E-state index in [-0.39, 0.29) is 24.2 Å². The fraction of sp³-hybridized carbons (Fsp3) is 0.509. The van der Waals surface area contributed by atoms with Crippen molar-refractivity contribution in [2.75, 3.05) is 43.1 Å². The van der Waals surface area contributed by atoms with Crippen LogP contribution in [0.5, 0.6) is 23.1 Å². The third-order valence-corrected chi connectivity index (χ3v) is 16.2. The number of ether oxygens (including phenoxy) is 3. The molecule has 1 unspecified atom stereocenters. The third-order valence-electron chi connectivity index (χ3n) is 15.5. The van der Waals surface area contributed by atoms with Crippen molar-refractivity contribution in [2.45, 2.75) is 133 Å². The number of aliphatic hydroxyl groups is 2. The standard InChI is InChI=1S/C53H65N7O7S/c1-32(2)39-8-5-6-9-40(39)44-10-7-21-60(44)37-28-53(29-37)18-22-59(23-19-53)36-11-12-41(45(25-36)67-47-24-35-15-20-54-49(35)56-51(47)66-30-33(3)61)50(62)58-68-38-26-42(57-64)48-46(27-38)65-31-43(55-48)34-13-16-52(4,63)17-14-34/h5-6,8-9,11-12,15,20,24-27,32-34,37,43-44,55,61,63H,7,10,13-14,16-19,21-23,28-31H2,1-4H3,(H,54,56)(H,58,62)/t33-,34?,43?,44+,52?/m0/s1. The lowest BCUT2D eigenvalue weighted by molar-refractivity contribution is -0.0227. The number of anilines is 2. The predicted octanol–water partition coefficient (Wildman–Crippen LogP) is 10.8. The molecule has 5 aliphatic rings. The van der Waals surface area contributed by atoms with E-state index in [1.165, 1.54) is 43.4 Å². The average Bonchev–Trinajstić information content (AvgIpc) is 4.01. The van der Waals surface area contributed by atoms with E-state index in [2.05, 4.69) is 73.1 Å². The first-order valence-electron chi connectivity index (χ1n) is 24.6. The van der Waals surface area contributed by atoms with E-state index in [1.807, 2.05) is 31.2 Å². The van der Waals surface area contributed by atoms with Gasteiger partial charge in [0.2, 0.25) is 0 Å². The Labute approximate surface area is 403 Å². The second kappa shape index (κ2) is 19.2. The van der Waals surface area contributed by atoms with E-state index in [1.54, 1.807) is 31.3 Å². The van der Waals surface area contributed by atoms with Gasteiger partial charge in [0.25, 0.3) is 11.8 Å². The number of pyridine rings is 1. The number of hydrogen-bond acceptors (Lipinski definition) is 13. The molecule has 360 valence electrons. The average molecular weight is 944 g/mol. The van der Waals surface area contributed by atoms with Crippen LogP contribution in [0.1, 0.15) is 125 Å². The number of aromatic amines is 1. The summed E-state index contributed by atoms with van der Waals surface area (Å²) in [6.45, 7) is 11.5. The molecule has 5 aromatic rings. The van der Waals surface area contributed by atoms with Gasteiger partial charge in [0.1, 0.15) is 41.7 Å². The van der Waals surface area contributed by atoms with Gasteiger partial charge < -0.3 is 39.6 Å². The second-order valence-electron chi connectivity index (χ2n) is 20.7. The normalized spacial score (nSPS) is 24.2. The zero-order valence-electron chi connectivity index (χ0n) is 39.6. The molecule has 2 aliphatic carbocycles. The minimum absolute atomic E-state index is 0.00171. The van der Waals surface area contributed by atoms with Gasteiger partial charge in [0, 0.05) is 53.4 Å². The van der Waals surface area contributed by atoms with Crippen molar-refractivity contribution in [3.63, 3.8) is 0 Å². The molecule has 5 heterocycles. The lowest BCUT2D eigenvalue weighted by atomic mass is 9.59. The highest BCUT2D eigenvalue weighted by Gasteiger charge is 2.50. The molecule has 2 aromatic heterocycles. The van der Waals surface area contributed by atoms with Gasteiger partial charge in [0.05, 0.1) is 23.3 Å². The van der Waals surface area contributed by atoms with Crippen LogP contribution in [-0.2, 0) is 0 Å². The molecule has 1 amide bonds. The number of aliphatic hydroxyl groups excluding tert-OH is 1. The summed E-state index contributed by atoms with van der Waals surface area (Å²) in [5, 5.41) is 28.2. The van der Waals surface area contributed by atoms with Crippen LogP contribution in [0.25, 0.3) is 11.0 Å². The Kier molecular flexibility index (Phi) is 13.1. The quantitative estimate of drug-likeness (QED) is 0.0527. The number of rotatable bonds is 14. The maximum absolute atomic E-state index is 14.3. The summed E-state index contributed by atoms with van der Waals surface area (Å²) in [5.41, 5.74) is 5.30. The summed E-state index contributed by atoms with van der Waals surface area (Å²) < 4.78 is 21.8. The molecule has 0 bridgehead atoms. The molecular formula is C53H65N7O7S. The first-order valence-corrected chi connectivity index (χ1v) is 25.5. The summed E-state index contributed by atoms with van der Waals surface area (Å²) in [7, 11) is 0. The number of amides is 1. The molecule has 14 nitrogen and oxygen atoms in total. The van der Waals surface area contributed by atoms with Gasteiger partial charge in [-0.3, -0.25) is 14.4 Å². The van der Waals surface area contributed by atoms with Crippen LogP contribution in [0.3, 0.4) is 0 Å². The largest absolute Gasteiger partial charge is 0.489 e. The van der Waals surface area contributed by atoms with Crippen molar-refractivity contribution in [2.24, 2.45) is 16.5 Å². The smallest absolute Gasteiger partial charge is 0.265 e. The van der Waals surface area contributed by atoms with Gasteiger partial charge >= 0.3 is 0 Å². The highest BCUT2D eigenvalue weighted by molar-refractivity contribution is 7.98. The number of carbonyl (C=O) groups excluding carboxylic acids is 1. The number of likely N-dealkylation sites (tertiary alicyclic amines) is 1. The van der Waals surface area contributed by atoms with E-state index in [0.717, 1.165) is 74.6 Å². The minimum Gasteiger partial charge on any atom is -0.489 e. The minimum atomic E-state index is -0.742. The van der Waals surface area contributed by atoms with Crippen molar-refractivity contribution >= 4 is 46.0 Å². The lowest BCUT2D eigenvalue weighted by Crippen LogP contribution is -2.54. The van der Waals surface area contributed by atoms with Gasteiger partial charge in [0.15, 0.2) is 5.75 Å². The number of fused-ring (bicyclic) bond motifs is 2. The lowest BCUT2D eigenvalue weighted by Gasteiger charge is -2.56. The highest BCUT2D eigenvalue weighted by atomic mass is 32.2. The van der Waals surface area contributed by atoms with Crippen LogP contribution in [-0.4, -0.2) is 87.6 Å². The third kappa shape index (κ3) is 9.64. The summed E-state index contributed by atoms with van der Waals surface area (Å²) >= 11 is 1.07. The molecule has 68 heavy (non-hydrogen) atoms. The number of H-pyrrole nitrogens is 1. The molecule has 3 atom stereocenters. The van der Waals surface area contributed by atoms with Crippen LogP contribution >= 0.6 is 11.9 Å². The van der Waals surface area contributed by atoms with Gasteiger partial charge in [-0.1, -0.05) is 38.1 Å². The number of aromatic nitrogens is 2. The second-order valence-corrected chi connectivity index (χ2v) is 21.6. The Bertz CT molecular complexity index is 2630. The van der Waals surface area contributed by atoms with Crippen LogP contribution in [0.2, 0.25) is 0 Å². The first kappa shape index (κ1) is 46.4. The van der Waals surface area contributed by atoms with E-state index in [0.29, 0.717) is 75.0 Å². The molecule has 5 N–H and O–H groups in total. The van der Waals surface area contributed by atoms with Gasteiger partial charge in [-0.25, -0.2) is 0 Å². The molecule has 2 saturated carbocycles. The van der Waals surface area contributed by atoms with Crippen molar-refractivity contribution in [3.05, 3.63) is 94.5 Å². The van der Waals surface area contributed by atoms with E-state index >= 15 is 0 Å². The van der Waals surface area contributed by atoms with Gasteiger partial charge in [-0.05, 0) is 167 Å². The Hall–Kier alpha value is -5.35. The van der Waals surface area contributed by atoms with Crippen LogP contribution in [0.15, 0.2) is 83.0 Å². The SMILES string of the molecule is CC(C)c1ccccc1[C@H]1CCCN1C1CC2(CCN(c3ccc(C(=O)NSc4cc(N=O)c5c(c4)OCC(C4CCC(C)(O)CC4)N5)c(Oc4cc5cc[nH]c5nc4OC[C@H](C)O)c3)CC2)C1. The van der Waals surface area contributed by atoms with Gasteiger partial charge in [-0.15, -0.1) is 4.91 Å². The molecule has 2 saturated heterocycles. The molecular weight excluding hydrogens is 879 g/mol. The number of nitroso groups, excluding NO2 is 1. The maximum atomic E-state index is 14.3. The summed E-state index contributed by atoms with van der Waals surface area (Å²) in [6.07, 6.45) is 11.4. The molecule has 1 spiro atoms. The summed E-state index contributed by atoms with van der Waals surface area (Å²) in [6, 6.07) is 23.1. The maximum Gasteiger partial charge on any atom is 0.265 e. The summed E-state index contributed by atoms with van der Waals surface area (Å²) in [4.78, 5) is 40.0. The van der Waals surface area contributed by atoms with E-state index < -0.39 is 17.6 Å². The molecule has 3 aromatic carbocycles. The fourth-order valence-electron chi connectivity index (χ4n) is 11.6. The Morgan fingerprint density at radius 1 is 1.00 bits per heavy atom. The zero-order chi connectivity index (χ0) is 47.2. The zero-order valence-corrected chi connectivity index (χ0v) is 40.4. The van der Waals surface area contributed by atoms with Crippen LogP contribution in [0, 0.1) is 16.2 Å². The van der Waals surface area contributed by atoms with Crippen molar-refractivity contribution in [1.82, 2.24) is 19.6 Å². The molecule has 10 rings (SSSR count). The van der Waals surface area contributed by atoms with E-state index in [4.69, 9.17) is 14.2 Å². The van der Waals surface area contributed by atoms with Gasteiger partial charge in [-0.2, -0.15) is 4.98 Å². The monoisotopic (exact) mass is 943 g/mol. The van der Waals surface area contributed by atoms with Crippen molar-refractivity contribution < 1.29 is 29.2 Å². The Morgan fingerprint density at radius 2 is 1.79 bits per heavy atom. The van der Waals surface area contributed by atoms with Crippen molar-refractivity contribution in [1.29, 1.82) is 0 Å². The first-order chi connectivity index (χ1) is 32.8. The number of piperidine rings is 1. The number of hydrogen-bond donors (Lipinski definition) is 5. The molecule has 15 heteroatoms.